The molecular weight excluding hydrogens is 322 g/mol. The van der Waals surface area contributed by atoms with Gasteiger partial charge in [-0.2, -0.15) is 0 Å². The SMILES string of the molecule is COc1ccc(NC(=O)c2ccc(N3CCCC3)c([N+](=O)[O-])c2)cc1. The Bertz CT molecular complexity index is 783. The fourth-order valence-electron chi connectivity index (χ4n) is 2.91. The summed E-state index contributed by atoms with van der Waals surface area (Å²) < 4.78 is 5.07. The van der Waals surface area contributed by atoms with E-state index in [1.54, 1.807) is 43.5 Å². The minimum absolute atomic E-state index is 0.0377. The van der Waals surface area contributed by atoms with Gasteiger partial charge in [0.2, 0.25) is 0 Å². The topological polar surface area (TPSA) is 84.7 Å². The molecule has 0 aromatic heterocycles. The van der Waals surface area contributed by atoms with Crippen LogP contribution in [0.5, 0.6) is 5.75 Å². The van der Waals surface area contributed by atoms with E-state index < -0.39 is 4.92 Å². The Balaban J connectivity index is 1.82. The number of hydrogen-bond donors (Lipinski definition) is 1. The molecule has 1 N–H and O–H groups in total. The van der Waals surface area contributed by atoms with Gasteiger partial charge in [0.1, 0.15) is 11.4 Å². The maximum atomic E-state index is 12.4. The molecule has 7 heteroatoms. The fourth-order valence-corrected chi connectivity index (χ4v) is 2.91. The quantitative estimate of drug-likeness (QED) is 0.665. The van der Waals surface area contributed by atoms with E-state index in [9.17, 15) is 14.9 Å². The number of ether oxygens (including phenoxy) is 1. The lowest BCUT2D eigenvalue weighted by molar-refractivity contribution is -0.384. The number of benzene rings is 2. The van der Waals surface area contributed by atoms with E-state index in [1.165, 1.54) is 6.07 Å². The van der Waals surface area contributed by atoms with Gasteiger partial charge in [-0.3, -0.25) is 14.9 Å². The Morgan fingerprint density at radius 3 is 2.44 bits per heavy atom. The van der Waals surface area contributed by atoms with Crippen LogP contribution in [0, 0.1) is 10.1 Å². The second-order valence-corrected chi connectivity index (χ2v) is 5.84. The van der Waals surface area contributed by atoms with E-state index in [2.05, 4.69) is 5.32 Å². The molecule has 1 heterocycles. The Labute approximate surface area is 145 Å². The molecule has 0 saturated carbocycles. The number of rotatable bonds is 5. The molecule has 130 valence electrons. The van der Waals surface area contributed by atoms with Gasteiger partial charge in [0.05, 0.1) is 12.0 Å². The van der Waals surface area contributed by atoms with Crippen LogP contribution >= 0.6 is 0 Å². The van der Waals surface area contributed by atoms with Crippen molar-refractivity contribution >= 4 is 23.0 Å². The van der Waals surface area contributed by atoms with Crippen LogP contribution in [0.25, 0.3) is 0 Å². The van der Waals surface area contributed by atoms with E-state index in [0.29, 0.717) is 17.1 Å². The zero-order valence-electron chi connectivity index (χ0n) is 13.9. The number of carbonyl (C=O) groups excluding carboxylic acids is 1. The number of nitrogens with one attached hydrogen (secondary N) is 1. The van der Waals surface area contributed by atoms with Crippen molar-refractivity contribution in [3.05, 3.63) is 58.1 Å². The highest BCUT2D eigenvalue weighted by Gasteiger charge is 2.23. The second kappa shape index (κ2) is 7.21. The molecule has 1 saturated heterocycles. The van der Waals surface area contributed by atoms with Crippen molar-refractivity contribution in [3.8, 4) is 5.75 Å². The molecule has 1 aliphatic heterocycles. The van der Waals surface area contributed by atoms with Gasteiger partial charge in [-0.15, -0.1) is 0 Å². The number of carbonyl (C=O) groups is 1. The molecule has 0 bridgehead atoms. The fraction of sp³-hybridized carbons (Fsp3) is 0.278. The van der Waals surface area contributed by atoms with E-state index in [0.717, 1.165) is 25.9 Å². The van der Waals surface area contributed by atoms with Crippen LogP contribution in [-0.2, 0) is 0 Å². The van der Waals surface area contributed by atoms with Crippen LogP contribution in [0.15, 0.2) is 42.5 Å². The predicted molar refractivity (Wildman–Crippen MR) is 95.5 cm³/mol. The molecule has 1 amide bonds. The van der Waals surface area contributed by atoms with Crippen molar-refractivity contribution in [1.82, 2.24) is 0 Å². The number of nitro benzene ring substituents is 1. The summed E-state index contributed by atoms with van der Waals surface area (Å²) in [4.78, 5) is 25.4. The summed E-state index contributed by atoms with van der Waals surface area (Å²) in [6, 6.07) is 11.5. The Morgan fingerprint density at radius 1 is 1.16 bits per heavy atom. The molecule has 0 radical (unpaired) electrons. The van der Waals surface area contributed by atoms with E-state index in [1.807, 2.05) is 4.90 Å². The zero-order chi connectivity index (χ0) is 17.8. The maximum Gasteiger partial charge on any atom is 0.293 e. The molecule has 25 heavy (non-hydrogen) atoms. The molecule has 7 nitrogen and oxygen atoms in total. The third-order valence-corrected chi connectivity index (χ3v) is 4.23. The van der Waals surface area contributed by atoms with E-state index in [-0.39, 0.29) is 17.2 Å². The first-order chi connectivity index (χ1) is 12.1. The first kappa shape index (κ1) is 16.8. The van der Waals surface area contributed by atoms with Crippen LogP contribution in [0.1, 0.15) is 23.2 Å². The minimum Gasteiger partial charge on any atom is -0.497 e. The van der Waals surface area contributed by atoms with Crippen molar-refractivity contribution in [3.63, 3.8) is 0 Å². The Hall–Kier alpha value is -3.09. The van der Waals surface area contributed by atoms with Crippen LogP contribution in [0.4, 0.5) is 17.1 Å². The number of nitro groups is 1. The lowest BCUT2D eigenvalue weighted by Gasteiger charge is -2.17. The number of hydrogen-bond acceptors (Lipinski definition) is 5. The molecule has 3 rings (SSSR count). The number of anilines is 2. The van der Waals surface area contributed by atoms with Crippen molar-refractivity contribution in [2.75, 3.05) is 30.4 Å². The highest BCUT2D eigenvalue weighted by Crippen LogP contribution is 2.32. The maximum absolute atomic E-state index is 12.4. The summed E-state index contributed by atoms with van der Waals surface area (Å²) in [6.07, 6.45) is 2.05. The third-order valence-electron chi connectivity index (χ3n) is 4.23. The average Bonchev–Trinajstić information content (AvgIpc) is 3.16. The molecule has 1 fully saturated rings. The molecule has 0 atom stereocenters. The normalized spacial score (nSPS) is 13.6. The Kier molecular flexibility index (Phi) is 4.83. The van der Waals surface area contributed by atoms with Gasteiger partial charge in [-0.1, -0.05) is 0 Å². The lowest BCUT2D eigenvalue weighted by atomic mass is 10.1. The first-order valence-electron chi connectivity index (χ1n) is 8.07. The van der Waals surface area contributed by atoms with Crippen molar-refractivity contribution in [1.29, 1.82) is 0 Å². The van der Waals surface area contributed by atoms with Gasteiger partial charge in [-0.25, -0.2) is 0 Å². The number of methoxy groups -OCH3 is 1. The van der Waals surface area contributed by atoms with Gasteiger partial charge < -0.3 is 15.0 Å². The zero-order valence-corrected chi connectivity index (χ0v) is 13.9. The van der Waals surface area contributed by atoms with Gasteiger partial charge in [0.15, 0.2) is 0 Å². The molecular formula is C18H19N3O4. The molecule has 1 aliphatic rings. The highest BCUT2D eigenvalue weighted by atomic mass is 16.6. The second-order valence-electron chi connectivity index (χ2n) is 5.84. The van der Waals surface area contributed by atoms with Crippen LogP contribution in [-0.4, -0.2) is 31.0 Å². The smallest absolute Gasteiger partial charge is 0.293 e. The monoisotopic (exact) mass is 341 g/mol. The van der Waals surface area contributed by atoms with Gasteiger partial charge >= 0.3 is 0 Å². The summed E-state index contributed by atoms with van der Waals surface area (Å²) in [5.74, 6) is 0.296. The standard InChI is InChI=1S/C18H19N3O4/c1-25-15-7-5-14(6-8-15)19-18(22)13-4-9-16(17(12-13)21(23)24)20-10-2-3-11-20/h4-9,12H,2-3,10-11H2,1H3,(H,19,22). The molecule has 2 aromatic carbocycles. The lowest BCUT2D eigenvalue weighted by Crippen LogP contribution is -2.19. The summed E-state index contributed by atoms with van der Waals surface area (Å²) in [5.41, 5.74) is 1.38. The van der Waals surface area contributed by atoms with Gasteiger partial charge in [-0.05, 0) is 49.2 Å². The Morgan fingerprint density at radius 2 is 1.84 bits per heavy atom. The predicted octanol–water partition coefficient (Wildman–Crippen LogP) is 3.46. The van der Waals surface area contributed by atoms with Crippen molar-refractivity contribution < 1.29 is 14.5 Å². The average molecular weight is 341 g/mol. The summed E-state index contributed by atoms with van der Waals surface area (Å²) >= 11 is 0. The summed E-state index contributed by atoms with van der Waals surface area (Å²) in [7, 11) is 1.56. The first-order valence-corrected chi connectivity index (χ1v) is 8.07. The molecule has 0 unspecified atom stereocenters. The largest absolute Gasteiger partial charge is 0.497 e. The van der Waals surface area contributed by atoms with Crippen LogP contribution in [0.2, 0.25) is 0 Å². The molecule has 0 aliphatic carbocycles. The van der Waals surface area contributed by atoms with Crippen LogP contribution in [0.3, 0.4) is 0 Å². The van der Waals surface area contributed by atoms with Crippen molar-refractivity contribution in [2.45, 2.75) is 12.8 Å². The van der Waals surface area contributed by atoms with Gasteiger partial charge in [0.25, 0.3) is 11.6 Å². The number of nitrogens with zero attached hydrogens (tertiary/aromatic N) is 2. The minimum atomic E-state index is -0.433. The van der Waals surface area contributed by atoms with Gasteiger partial charge in [0, 0.05) is 30.4 Å². The van der Waals surface area contributed by atoms with Crippen molar-refractivity contribution in [2.24, 2.45) is 0 Å². The van der Waals surface area contributed by atoms with Crippen LogP contribution < -0.4 is 15.0 Å². The summed E-state index contributed by atoms with van der Waals surface area (Å²) in [5, 5.41) is 14.1. The molecule has 2 aromatic rings. The third kappa shape index (κ3) is 3.71. The molecule has 0 spiro atoms. The highest BCUT2D eigenvalue weighted by molar-refractivity contribution is 6.05. The van der Waals surface area contributed by atoms with E-state index in [4.69, 9.17) is 4.74 Å². The van der Waals surface area contributed by atoms with E-state index >= 15 is 0 Å². The summed E-state index contributed by atoms with van der Waals surface area (Å²) in [6.45, 7) is 1.61. The number of amides is 1.